The third-order valence-corrected chi connectivity index (χ3v) is 4.09. The van der Waals surface area contributed by atoms with E-state index in [1.807, 2.05) is 0 Å². The average molecular weight is 431 g/mol. The van der Waals surface area contributed by atoms with Gasteiger partial charge in [0.1, 0.15) is 12.3 Å². The average Bonchev–Trinajstić information content (AvgIpc) is 3.25. The van der Waals surface area contributed by atoms with Crippen LogP contribution < -0.4 is 16.0 Å². The molecule has 164 valence electrons. The first-order valence-electron chi connectivity index (χ1n) is 9.15. The Kier molecular flexibility index (Phi) is 7.88. The highest BCUT2D eigenvalue weighted by Gasteiger charge is 2.29. The number of aromatic nitrogens is 4. The number of aromatic amines is 1. The number of nitrogens with zero attached hydrogens (tertiary/aromatic N) is 3. The number of aldehydes is 1. The molecular formula is C18H21N7O6. The molecule has 0 saturated carbocycles. The number of carboxylic acids is 1. The van der Waals surface area contributed by atoms with Crippen LogP contribution in [0.2, 0.25) is 0 Å². The maximum Gasteiger partial charge on any atom is 0.313 e. The number of carboxylic acid groups (broad SMARTS) is 1. The molecule has 0 radical (unpaired) electrons. The first-order chi connectivity index (χ1) is 14.7. The monoisotopic (exact) mass is 431 g/mol. The maximum absolute atomic E-state index is 12.4. The Morgan fingerprint density at radius 1 is 1.13 bits per heavy atom. The van der Waals surface area contributed by atoms with Gasteiger partial charge >= 0.3 is 17.8 Å². The molecule has 13 heteroatoms. The number of aliphatic carboxylic acids is 1. The van der Waals surface area contributed by atoms with E-state index in [0.29, 0.717) is 5.56 Å². The Bertz CT molecular complexity index is 960. The lowest BCUT2D eigenvalue weighted by atomic mass is 10.0. The summed E-state index contributed by atoms with van der Waals surface area (Å²) in [5.74, 6) is -4.47. The van der Waals surface area contributed by atoms with E-state index in [9.17, 15) is 24.0 Å². The van der Waals surface area contributed by atoms with Crippen LogP contribution in [-0.2, 0) is 24.0 Å². The second kappa shape index (κ2) is 10.6. The van der Waals surface area contributed by atoms with E-state index in [4.69, 9.17) is 5.11 Å². The Balaban J connectivity index is 2.08. The van der Waals surface area contributed by atoms with Gasteiger partial charge in [0.2, 0.25) is 11.7 Å². The molecule has 0 aliphatic heterocycles. The van der Waals surface area contributed by atoms with Crippen molar-refractivity contribution in [2.24, 2.45) is 5.92 Å². The number of carbonyl (C=O) groups excluding carboxylic acids is 4. The van der Waals surface area contributed by atoms with Crippen molar-refractivity contribution in [2.75, 3.05) is 5.32 Å². The summed E-state index contributed by atoms with van der Waals surface area (Å²) in [4.78, 5) is 58.9. The van der Waals surface area contributed by atoms with Crippen molar-refractivity contribution in [3.8, 4) is 11.4 Å². The van der Waals surface area contributed by atoms with E-state index in [1.54, 1.807) is 32.0 Å². The van der Waals surface area contributed by atoms with Gasteiger partial charge in [-0.2, -0.15) is 5.21 Å². The zero-order valence-corrected chi connectivity index (χ0v) is 16.7. The van der Waals surface area contributed by atoms with Crippen LogP contribution in [0.4, 0.5) is 5.69 Å². The molecule has 0 spiro atoms. The molecule has 13 nitrogen and oxygen atoms in total. The summed E-state index contributed by atoms with van der Waals surface area (Å²) in [5.41, 5.74) is 0.662. The highest BCUT2D eigenvalue weighted by atomic mass is 16.4. The van der Waals surface area contributed by atoms with Crippen molar-refractivity contribution in [1.82, 2.24) is 31.3 Å². The zero-order chi connectivity index (χ0) is 23.0. The quantitative estimate of drug-likeness (QED) is 0.247. The third-order valence-electron chi connectivity index (χ3n) is 4.09. The van der Waals surface area contributed by atoms with Gasteiger partial charge in [-0.1, -0.05) is 26.0 Å². The first kappa shape index (κ1) is 23.1. The topological polar surface area (TPSA) is 196 Å². The Morgan fingerprint density at radius 3 is 2.42 bits per heavy atom. The number of anilines is 1. The number of hydrogen-bond acceptors (Lipinski definition) is 8. The highest BCUT2D eigenvalue weighted by Crippen LogP contribution is 2.23. The molecular weight excluding hydrogens is 410 g/mol. The van der Waals surface area contributed by atoms with Gasteiger partial charge in [0.15, 0.2) is 0 Å². The van der Waals surface area contributed by atoms with E-state index < -0.39 is 48.1 Å². The van der Waals surface area contributed by atoms with Crippen LogP contribution in [0, 0.1) is 5.92 Å². The van der Waals surface area contributed by atoms with Gasteiger partial charge in [-0.3, -0.25) is 19.2 Å². The highest BCUT2D eigenvalue weighted by molar-refractivity contribution is 6.40. The molecule has 0 aliphatic rings. The molecule has 2 unspecified atom stereocenters. The number of rotatable bonds is 9. The first-order valence-corrected chi connectivity index (χ1v) is 9.15. The Labute approximate surface area is 176 Å². The lowest BCUT2D eigenvalue weighted by molar-refractivity contribution is -0.140. The van der Waals surface area contributed by atoms with Crippen LogP contribution in [0.15, 0.2) is 24.3 Å². The smallest absolute Gasteiger partial charge is 0.313 e. The van der Waals surface area contributed by atoms with E-state index in [0.717, 1.165) is 0 Å². The molecule has 2 rings (SSSR count). The number of tetrazole rings is 1. The number of H-pyrrole nitrogens is 1. The van der Waals surface area contributed by atoms with Gasteiger partial charge in [-0.15, -0.1) is 10.2 Å². The van der Waals surface area contributed by atoms with Crippen LogP contribution in [-0.4, -0.2) is 67.8 Å². The molecule has 3 amide bonds. The van der Waals surface area contributed by atoms with Gasteiger partial charge in [0.05, 0.1) is 18.2 Å². The summed E-state index contributed by atoms with van der Waals surface area (Å²) in [7, 11) is 0. The Hall–Kier alpha value is -4.16. The van der Waals surface area contributed by atoms with Crippen molar-refractivity contribution >= 4 is 35.7 Å². The summed E-state index contributed by atoms with van der Waals surface area (Å²) in [6.45, 7) is 3.22. The molecule has 31 heavy (non-hydrogen) atoms. The lowest BCUT2D eigenvalue weighted by Gasteiger charge is -2.23. The standard InChI is InChI=1S/C18H21N7O6/c1-9(2)14(16(29)19-10(8-26)7-13(27)28)21-18(31)17(30)20-12-6-4-3-5-11(12)15-22-24-25-23-15/h3-6,8-10,14H,7H2,1-2H3,(H,19,29)(H,20,30)(H,21,31)(H,27,28)(H,22,23,24,25). The number of hydrogen-bond donors (Lipinski definition) is 5. The van der Waals surface area contributed by atoms with Crippen molar-refractivity contribution < 1.29 is 29.1 Å². The van der Waals surface area contributed by atoms with E-state index in [1.165, 1.54) is 6.07 Å². The maximum atomic E-state index is 12.4. The predicted octanol–water partition coefficient (Wildman–Crippen LogP) is -0.896. The fourth-order valence-electron chi connectivity index (χ4n) is 2.58. The van der Waals surface area contributed by atoms with E-state index >= 15 is 0 Å². The molecule has 1 heterocycles. The van der Waals surface area contributed by atoms with Crippen molar-refractivity contribution in [3.63, 3.8) is 0 Å². The van der Waals surface area contributed by atoms with Crippen molar-refractivity contribution in [3.05, 3.63) is 24.3 Å². The minimum absolute atomic E-state index is 0.203. The van der Waals surface area contributed by atoms with Crippen LogP contribution in [0.5, 0.6) is 0 Å². The fraction of sp³-hybridized carbons (Fsp3) is 0.333. The Morgan fingerprint density at radius 2 is 1.84 bits per heavy atom. The molecule has 2 atom stereocenters. The summed E-state index contributed by atoms with van der Waals surface area (Å²) in [6.07, 6.45) is -0.325. The van der Waals surface area contributed by atoms with E-state index in [2.05, 4.69) is 36.6 Å². The summed E-state index contributed by atoms with van der Waals surface area (Å²) >= 11 is 0. The van der Waals surface area contributed by atoms with Crippen molar-refractivity contribution in [2.45, 2.75) is 32.4 Å². The second-order valence-electron chi connectivity index (χ2n) is 6.78. The number of amides is 3. The lowest BCUT2D eigenvalue weighted by Crippen LogP contribution is -2.54. The van der Waals surface area contributed by atoms with Gasteiger partial charge < -0.3 is 25.9 Å². The van der Waals surface area contributed by atoms with Gasteiger partial charge in [-0.25, -0.2) is 0 Å². The molecule has 0 aliphatic carbocycles. The molecule has 0 fully saturated rings. The summed E-state index contributed by atoms with van der Waals surface area (Å²) in [5, 5.41) is 29.1. The van der Waals surface area contributed by atoms with Gasteiger partial charge in [-0.05, 0) is 23.3 Å². The zero-order valence-electron chi connectivity index (χ0n) is 16.7. The SMILES string of the molecule is CC(C)C(NC(=O)C(=O)Nc1ccccc1-c1nn[nH]n1)C(=O)NC(C=O)CC(=O)O. The minimum Gasteiger partial charge on any atom is -0.481 e. The van der Waals surface area contributed by atoms with Crippen LogP contribution >= 0.6 is 0 Å². The molecule has 1 aromatic carbocycles. The van der Waals surface area contributed by atoms with Crippen LogP contribution in [0.3, 0.4) is 0 Å². The van der Waals surface area contributed by atoms with Crippen LogP contribution in [0.1, 0.15) is 20.3 Å². The predicted molar refractivity (Wildman–Crippen MR) is 105 cm³/mol. The van der Waals surface area contributed by atoms with Crippen LogP contribution in [0.25, 0.3) is 11.4 Å². The molecule has 2 aromatic rings. The number of carbonyl (C=O) groups is 5. The number of benzene rings is 1. The third kappa shape index (κ3) is 6.42. The molecule has 1 aromatic heterocycles. The fourth-order valence-corrected chi connectivity index (χ4v) is 2.58. The van der Waals surface area contributed by atoms with E-state index in [-0.39, 0.29) is 17.8 Å². The number of nitrogens with one attached hydrogen (secondary N) is 4. The molecule has 5 N–H and O–H groups in total. The molecule has 0 saturated heterocycles. The molecule has 0 bridgehead atoms. The summed E-state index contributed by atoms with van der Waals surface area (Å²) < 4.78 is 0. The van der Waals surface area contributed by atoms with Gasteiger partial charge in [0.25, 0.3) is 0 Å². The second-order valence-corrected chi connectivity index (χ2v) is 6.78. The largest absolute Gasteiger partial charge is 0.481 e. The normalized spacial score (nSPS) is 12.5. The van der Waals surface area contributed by atoms with Crippen molar-refractivity contribution in [1.29, 1.82) is 0 Å². The minimum atomic E-state index is -1.28. The summed E-state index contributed by atoms with van der Waals surface area (Å²) in [6, 6.07) is 4.01. The number of para-hydroxylation sites is 1. The van der Waals surface area contributed by atoms with Gasteiger partial charge in [0, 0.05) is 5.56 Å².